The average molecular weight is 359 g/mol. The Balaban J connectivity index is 2.10. The number of aromatic nitrogens is 2. The van der Waals surface area contributed by atoms with Gasteiger partial charge >= 0.3 is 0 Å². The molecule has 2 nitrogen and oxygen atoms in total. The van der Waals surface area contributed by atoms with Gasteiger partial charge in [0.05, 0.1) is 12.1 Å². The lowest BCUT2D eigenvalue weighted by Crippen LogP contribution is -2.38. The Hall–Kier alpha value is -2.84. The second-order valence-corrected chi connectivity index (χ2v) is 6.50. The highest BCUT2D eigenvalue weighted by molar-refractivity contribution is 6.17. The molecule has 3 heteroatoms. The third kappa shape index (κ3) is 2.73. The van der Waals surface area contributed by atoms with Crippen LogP contribution >= 0.6 is 11.6 Å². The fraction of sp³-hybridized carbons (Fsp3) is 0.0870. The average Bonchev–Trinajstić information content (AvgIpc) is 3.21. The normalized spacial score (nSPS) is 11.4. The van der Waals surface area contributed by atoms with Gasteiger partial charge in [0.2, 0.25) is 0 Å². The van der Waals surface area contributed by atoms with Crippen LogP contribution in [0.2, 0.25) is 0 Å². The van der Waals surface area contributed by atoms with E-state index in [0.717, 1.165) is 22.3 Å². The molecule has 26 heavy (non-hydrogen) atoms. The molecule has 4 aromatic rings. The molecule has 0 bridgehead atoms. The van der Waals surface area contributed by atoms with Crippen LogP contribution in [-0.4, -0.2) is 9.78 Å². The van der Waals surface area contributed by atoms with Crippen molar-refractivity contribution in [2.24, 2.45) is 0 Å². The zero-order valence-corrected chi connectivity index (χ0v) is 15.1. The summed E-state index contributed by atoms with van der Waals surface area (Å²) < 4.78 is 2.03. The van der Waals surface area contributed by atoms with E-state index < -0.39 is 5.54 Å². The minimum absolute atomic E-state index is 0.439. The molecule has 0 atom stereocenters. The van der Waals surface area contributed by atoms with E-state index in [1.165, 1.54) is 0 Å². The largest absolute Gasteiger partial charge is 0.253 e. The summed E-state index contributed by atoms with van der Waals surface area (Å²) in [5.41, 5.74) is 3.90. The van der Waals surface area contributed by atoms with Crippen LogP contribution in [0.3, 0.4) is 0 Å². The third-order valence-electron chi connectivity index (χ3n) is 4.71. The van der Waals surface area contributed by atoms with Crippen molar-refractivity contribution in [3.05, 3.63) is 126 Å². The second-order valence-electron chi connectivity index (χ2n) is 6.24. The molecule has 0 aliphatic heterocycles. The van der Waals surface area contributed by atoms with Crippen molar-refractivity contribution >= 4 is 11.6 Å². The Morgan fingerprint density at radius 1 is 0.692 bits per heavy atom. The molecule has 1 aromatic heterocycles. The first-order valence-corrected chi connectivity index (χ1v) is 9.15. The van der Waals surface area contributed by atoms with Gasteiger partial charge in [0, 0.05) is 11.8 Å². The van der Waals surface area contributed by atoms with E-state index in [4.69, 9.17) is 16.7 Å². The monoisotopic (exact) mass is 358 g/mol. The van der Waals surface area contributed by atoms with Gasteiger partial charge in [-0.1, -0.05) is 91.0 Å². The lowest BCUT2D eigenvalue weighted by Gasteiger charge is -2.36. The van der Waals surface area contributed by atoms with Crippen LogP contribution in [0.15, 0.2) is 103 Å². The summed E-state index contributed by atoms with van der Waals surface area (Å²) in [5, 5.41) is 4.72. The van der Waals surface area contributed by atoms with E-state index in [2.05, 4.69) is 72.8 Å². The van der Waals surface area contributed by atoms with E-state index >= 15 is 0 Å². The molecule has 0 aliphatic rings. The van der Waals surface area contributed by atoms with Crippen molar-refractivity contribution in [2.45, 2.75) is 11.4 Å². The molecule has 128 valence electrons. The smallest absolute Gasteiger partial charge is 0.138 e. The van der Waals surface area contributed by atoms with Crippen LogP contribution in [0.1, 0.15) is 22.3 Å². The molecule has 0 spiro atoms. The number of rotatable bonds is 5. The Morgan fingerprint density at radius 2 is 1.12 bits per heavy atom. The highest BCUT2D eigenvalue weighted by Gasteiger charge is 2.39. The van der Waals surface area contributed by atoms with E-state index in [1.807, 2.05) is 35.3 Å². The molecule has 0 saturated heterocycles. The lowest BCUT2D eigenvalue weighted by molar-refractivity contribution is 0.460. The maximum absolute atomic E-state index is 6.08. The molecule has 0 fully saturated rings. The third-order valence-corrected chi connectivity index (χ3v) is 5.02. The topological polar surface area (TPSA) is 17.8 Å². The molecule has 0 radical (unpaired) electrons. The van der Waals surface area contributed by atoms with Gasteiger partial charge in [0.1, 0.15) is 5.54 Å². The van der Waals surface area contributed by atoms with E-state index in [-0.39, 0.29) is 0 Å². The summed E-state index contributed by atoms with van der Waals surface area (Å²) in [5.74, 6) is 0.439. The minimum atomic E-state index is -0.561. The Bertz CT molecular complexity index is 866. The summed E-state index contributed by atoms with van der Waals surface area (Å²) in [6.45, 7) is 0. The Morgan fingerprint density at radius 3 is 1.46 bits per heavy atom. The zero-order valence-electron chi connectivity index (χ0n) is 14.3. The van der Waals surface area contributed by atoms with E-state index in [0.29, 0.717) is 5.88 Å². The van der Waals surface area contributed by atoms with Crippen molar-refractivity contribution in [3.8, 4) is 0 Å². The molecule has 0 unspecified atom stereocenters. The van der Waals surface area contributed by atoms with E-state index in [1.54, 1.807) is 0 Å². The van der Waals surface area contributed by atoms with Crippen LogP contribution in [0.25, 0.3) is 0 Å². The SMILES string of the molecule is ClCc1cnn(C(c2ccccc2)(c2ccccc2)c2ccccc2)c1. The van der Waals surface area contributed by atoms with Gasteiger partial charge < -0.3 is 0 Å². The van der Waals surface area contributed by atoms with Crippen molar-refractivity contribution in [1.29, 1.82) is 0 Å². The van der Waals surface area contributed by atoms with Crippen LogP contribution in [-0.2, 0) is 11.4 Å². The van der Waals surface area contributed by atoms with Gasteiger partial charge in [-0.05, 0) is 16.7 Å². The van der Waals surface area contributed by atoms with Crippen molar-refractivity contribution in [3.63, 3.8) is 0 Å². The van der Waals surface area contributed by atoms with Gasteiger partial charge in [0.15, 0.2) is 0 Å². The van der Waals surface area contributed by atoms with Crippen molar-refractivity contribution in [2.75, 3.05) is 0 Å². The first-order chi connectivity index (χ1) is 12.9. The maximum Gasteiger partial charge on any atom is 0.138 e. The van der Waals surface area contributed by atoms with Crippen molar-refractivity contribution in [1.82, 2.24) is 9.78 Å². The predicted octanol–water partition coefficient (Wildman–Crippen LogP) is 5.46. The zero-order chi connectivity index (χ0) is 17.8. The fourth-order valence-corrected chi connectivity index (χ4v) is 3.69. The molecule has 4 rings (SSSR count). The molecule has 0 N–H and O–H groups in total. The number of nitrogens with zero attached hydrogens (tertiary/aromatic N) is 2. The van der Waals surface area contributed by atoms with Crippen LogP contribution < -0.4 is 0 Å². The van der Waals surface area contributed by atoms with Gasteiger partial charge in [0.25, 0.3) is 0 Å². The standard InChI is InChI=1S/C23H19ClN2/c24-16-19-17-25-26(18-19)23(20-10-4-1-5-11-20,21-12-6-2-7-13-21)22-14-8-3-9-15-22/h1-15,17-18H,16H2. The lowest BCUT2D eigenvalue weighted by atomic mass is 9.77. The molecule has 0 saturated carbocycles. The molecular formula is C23H19ClN2. The first-order valence-electron chi connectivity index (χ1n) is 8.62. The summed E-state index contributed by atoms with van der Waals surface area (Å²) >= 11 is 6.08. The van der Waals surface area contributed by atoms with E-state index in [9.17, 15) is 0 Å². The highest BCUT2D eigenvalue weighted by atomic mass is 35.5. The maximum atomic E-state index is 6.08. The molecule has 1 heterocycles. The summed E-state index contributed by atoms with van der Waals surface area (Å²) in [4.78, 5) is 0. The van der Waals surface area contributed by atoms with Crippen molar-refractivity contribution < 1.29 is 0 Å². The fourth-order valence-electron chi connectivity index (χ4n) is 3.55. The predicted molar refractivity (Wildman–Crippen MR) is 106 cm³/mol. The first kappa shape index (κ1) is 16.6. The highest BCUT2D eigenvalue weighted by Crippen LogP contribution is 2.40. The molecular weight excluding hydrogens is 340 g/mol. The Kier molecular flexibility index (Phi) is 4.59. The summed E-state index contributed by atoms with van der Waals surface area (Å²) in [6.07, 6.45) is 3.89. The molecule has 0 amide bonds. The number of halogens is 1. The number of alkyl halides is 1. The number of hydrogen-bond donors (Lipinski definition) is 0. The van der Waals surface area contributed by atoms with Gasteiger partial charge in [-0.3, -0.25) is 4.68 Å². The second kappa shape index (κ2) is 7.19. The minimum Gasteiger partial charge on any atom is -0.253 e. The summed E-state index contributed by atoms with van der Waals surface area (Å²) in [6, 6.07) is 31.5. The quantitative estimate of drug-likeness (QED) is 0.342. The van der Waals surface area contributed by atoms with Crippen LogP contribution in [0, 0.1) is 0 Å². The molecule has 3 aromatic carbocycles. The molecule has 0 aliphatic carbocycles. The number of benzene rings is 3. The summed E-state index contributed by atoms with van der Waals surface area (Å²) in [7, 11) is 0. The number of hydrogen-bond acceptors (Lipinski definition) is 1. The van der Waals surface area contributed by atoms with Gasteiger partial charge in [-0.2, -0.15) is 5.10 Å². The van der Waals surface area contributed by atoms with Crippen LogP contribution in [0.5, 0.6) is 0 Å². The van der Waals surface area contributed by atoms with Gasteiger partial charge in [-0.15, -0.1) is 11.6 Å². The van der Waals surface area contributed by atoms with Crippen LogP contribution in [0.4, 0.5) is 0 Å². The Labute approximate surface area is 158 Å². The van der Waals surface area contributed by atoms with Gasteiger partial charge in [-0.25, -0.2) is 0 Å².